The lowest BCUT2D eigenvalue weighted by molar-refractivity contribution is -0.123. The molecule has 2 N–H and O–H groups in total. The molecule has 0 radical (unpaired) electrons. The van der Waals surface area contributed by atoms with Crippen LogP contribution in [0.2, 0.25) is 0 Å². The summed E-state index contributed by atoms with van der Waals surface area (Å²) < 4.78 is 0. The maximum absolute atomic E-state index is 13.2. The van der Waals surface area contributed by atoms with Crippen LogP contribution in [0.15, 0.2) is 35.9 Å². The van der Waals surface area contributed by atoms with E-state index in [9.17, 15) is 9.59 Å². The Morgan fingerprint density at radius 1 is 1.30 bits per heavy atom. The second kappa shape index (κ2) is 9.48. The van der Waals surface area contributed by atoms with Crippen molar-refractivity contribution in [2.75, 3.05) is 11.4 Å². The lowest BCUT2D eigenvalue weighted by Gasteiger charge is -2.42. The Kier molecular flexibility index (Phi) is 6.74. The summed E-state index contributed by atoms with van der Waals surface area (Å²) in [6, 6.07) is 7.13. The molecule has 0 aromatic heterocycles. The lowest BCUT2D eigenvalue weighted by atomic mass is 9.82. The van der Waals surface area contributed by atoms with E-state index < -0.39 is 0 Å². The maximum Gasteiger partial charge on any atom is 0.251 e. The van der Waals surface area contributed by atoms with Gasteiger partial charge in [0.25, 0.3) is 5.91 Å². The number of amides is 2. The molecule has 1 heterocycles. The number of halogens is 1. The largest absolute Gasteiger partial charge is 0.358 e. The van der Waals surface area contributed by atoms with E-state index >= 15 is 0 Å². The highest BCUT2D eigenvalue weighted by Gasteiger charge is 2.43. The molecule has 1 saturated heterocycles. The Bertz CT molecular complexity index is 872. The molecule has 2 amide bonds. The molecule has 4 rings (SSSR count). The molecule has 3 unspecified atom stereocenters. The third-order valence-electron chi connectivity index (χ3n) is 6.32. The van der Waals surface area contributed by atoms with Gasteiger partial charge in [-0.15, -0.1) is 11.6 Å². The fraction of sp³-hybridized carbons (Fsp3) is 0.522. The predicted octanol–water partition coefficient (Wildman–Crippen LogP) is 4.30. The SMILES string of the molecule is O=C(NCCC1=CCCCC1)c1cccc(N2C(=O)C3CCC(Cl)CC3NC2=S)c1. The minimum absolute atomic E-state index is 0.00178. The van der Waals surface area contributed by atoms with Crippen LogP contribution in [0.25, 0.3) is 0 Å². The van der Waals surface area contributed by atoms with Gasteiger partial charge in [0.1, 0.15) is 0 Å². The van der Waals surface area contributed by atoms with Crippen molar-refractivity contribution in [2.45, 2.75) is 62.8 Å². The summed E-state index contributed by atoms with van der Waals surface area (Å²) in [5, 5.41) is 6.76. The minimum atomic E-state index is -0.132. The second-order valence-corrected chi connectivity index (χ2v) is 9.41. The van der Waals surface area contributed by atoms with Crippen LogP contribution < -0.4 is 15.5 Å². The zero-order chi connectivity index (χ0) is 21.1. The van der Waals surface area contributed by atoms with Gasteiger partial charge >= 0.3 is 0 Å². The van der Waals surface area contributed by atoms with Gasteiger partial charge in [-0.25, -0.2) is 0 Å². The first-order chi connectivity index (χ1) is 14.5. The predicted molar refractivity (Wildman–Crippen MR) is 124 cm³/mol. The standard InChI is InChI=1S/C23H28ClN3O2S/c24-17-9-10-19-20(14-17)26-23(30)27(22(19)29)18-8-4-7-16(13-18)21(28)25-12-11-15-5-2-1-3-6-15/h4-5,7-8,13,17,19-20H,1-3,6,9-12,14H2,(H,25,28)(H,26,30). The lowest BCUT2D eigenvalue weighted by Crippen LogP contribution is -2.61. The quantitative estimate of drug-likeness (QED) is 0.403. The Hall–Kier alpha value is -1.92. The molecule has 2 fully saturated rings. The summed E-state index contributed by atoms with van der Waals surface area (Å²) >= 11 is 11.8. The van der Waals surface area contributed by atoms with Crippen molar-refractivity contribution in [3.63, 3.8) is 0 Å². The van der Waals surface area contributed by atoms with Crippen molar-refractivity contribution in [2.24, 2.45) is 5.92 Å². The van der Waals surface area contributed by atoms with Gasteiger partial charge in [0.2, 0.25) is 5.91 Å². The van der Waals surface area contributed by atoms with Crippen molar-refractivity contribution in [3.8, 4) is 0 Å². The topological polar surface area (TPSA) is 61.4 Å². The maximum atomic E-state index is 13.2. The van der Waals surface area contributed by atoms with Gasteiger partial charge in [-0.3, -0.25) is 14.5 Å². The number of alkyl halides is 1. The Morgan fingerprint density at radius 2 is 2.17 bits per heavy atom. The summed E-state index contributed by atoms with van der Waals surface area (Å²) in [7, 11) is 0. The highest BCUT2D eigenvalue weighted by molar-refractivity contribution is 7.80. The van der Waals surface area contributed by atoms with E-state index in [-0.39, 0.29) is 29.2 Å². The van der Waals surface area contributed by atoms with Crippen LogP contribution in [0.5, 0.6) is 0 Å². The van der Waals surface area contributed by atoms with E-state index in [4.69, 9.17) is 23.8 Å². The molecule has 0 bridgehead atoms. The van der Waals surface area contributed by atoms with Crippen LogP contribution >= 0.6 is 23.8 Å². The zero-order valence-electron chi connectivity index (χ0n) is 17.0. The first-order valence-electron chi connectivity index (χ1n) is 10.9. The average Bonchev–Trinajstić information content (AvgIpc) is 2.74. The first-order valence-corrected chi connectivity index (χ1v) is 11.7. The van der Waals surface area contributed by atoms with Gasteiger partial charge in [0.05, 0.1) is 11.6 Å². The van der Waals surface area contributed by atoms with Gasteiger partial charge < -0.3 is 10.6 Å². The van der Waals surface area contributed by atoms with E-state index in [1.165, 1.54) is 23.3 Å². The summed E-state index contributed by atoms with van der Waals surface area (Å²) in [5.41, 5.74) is 2.60. The van der Waals surface area contributed by atoms with E-state index in [1.807, 2.05) is 6.07 Å². The zero-order valence-corrected chi connectivity index (χ0v) is 18.6. The van der Waals surface area contributed by atoms with Crippen molar-refractivity contribution >= 4 is 46.4 Å². The van der Waals surface area contributed by atoms with Crippen molar-refractivity contribution in [1.29, 1.82) is 0 Å². The van der Waals surface area contributed by atoms with Crippen LogP contribution in [0.4, 0.5) is 5.69 Å². The number of nitrogens with one attached hydrogen (secondary N) is 2. The second-order valence-electron chi connectivity index (χ2n) is 8.41. The number of fused-ring (bicyclic) bond motifs is 1. The van der Waals surface area contributed by atoms with Crippen LogP contribution in [0.3, 0.4) is 0 Å². The average molecular weight is 446 g/mol. The third-order valence-corrected chi connectivity index (χ3v) is 7.02. The number of carbonyl (C=O) groups excluding carboxylic acids is 2. The third kappa shape index (κ3) is 4.70. The summed E-state index contributed by atoms with van der Waals surface area (Å²) in [5.74, 6) is -0.265. The Morgan fingerprint density at radius 3 is 2.97 bits per heavy atom. The van der Waals surface area contributed by atoms with Gasteiger partial charge in [-0.05, 0) is 81.8 Å². The molecule has 0 spiro atoms. The van der Waals surface area contributed by atoms with E-state index in [1.54, 1.807) is 18.2 Å². The molecule has 1 saturated carbocycles. The molecule has 160 valence electrons. The molecule has 1 aromatic carbocycles. The molecule has 3 atom stereocenters. The molecule has 1 aliphatic heterocycles. The van der Waals surface area contributed by atoms with E-state index in [0.717, 1.165) is 38.5 Å². The number of anilines is 1. The summed E-state index contributed by atoms with van der Waals surface area (Å²) in [6.45, 7) is 0.626. The molecule has 7 heteroatoms. The van der Waals surface area contributed by atoms with Crippen LogP contribution in [-0.4, -0.2) is 34.9 Å². The molecule has 3 aliphatic rings. The van der Waals surface area contributed by atoms with Crippen molar-refractivity contribution < 1.29 is 9.59 Å². The molecular weight excluding hydrogens is 418 g/mol. The normalized spacial score (nSPS) is 26.5. The Labute approximate surface area is 188 Å². The van der Waals surface area contributed by atoms with E-state index in [0.29, 0.717) is 22.9 Å². The van der Waals surface area contributed by atoms with Gasteiger partial charge in [0.15, 0.2) is 5.11 Å². The number of nitrogens with zero attached hydrogens (tertiary/aromatic N) is 1. The van der Waals surface area contributed by atoms with Gasteiger partial charge in [-0.1, -0.05) is 17.7 Å². The highest BCUT2D eigenvalue weighted by Crippen LogP contribution is 2.34. The van der Waals surface area contributed by atoms with Crippen molar-refractivity contribution in [1.82, 2.24) is 10.6 Å². The van der Waals surface area contributed by atoms with Crippen LogP contribution in [0, 0.1) is 5.92 Å². The van der Waals surface area contributed by atoms with E-state index in [2.05, 4.69) is 16.7 Å². The number of thiocarbonyl (C=S) groups is 1. The monoisotopic (exact) mass is 445 g/mol. The summed E-state index contributed by atoms with van der Waals surface area (Å²) in [6.07, 6.45) is 10.3. The molecular formula is C23H28ClN3O2S. The number of hydrogen-bond donors (Lipinski definition) is 2. The number of rotatable bonds is 5. The number of hydrogen-bond acceptors (Lipinski definition) is 3. The number of carbonyl (C=O) groups is 2. The minimum Gasteiger partial charge on any atom is -0.358 e. The highest BCUT2D eigenvalue weighted by atomic mass is 35.5. The fourth-order valence-corrected chi connectivity index (χ4v) is 5.33. The molecule has 5 nitrogen and oxygen atoms in total. The number of benzene rings is 1. The van der Waals surface area contributed by atoms with Crippen LogP contribution in [-0.2, 0) is 4.79 Å². The number of allylic oxidation sites excluding steroid dienone is 1. The summed E-state index contributed by atoms with van der Waals surface area (Å²) in [4.78, 5) is 27.3. The molecule has 1 aromatic rings. The first kappa shape index (κ1) is 21.3. The molecule has 30 heavy (non-hydrogen) atoms. The fourth-order valence-electron chi connectivity index (χ4n) is 4.66. The van der Waals surface area contributed by atoms with Crippen molar-refractivity contribution in [3.05, 3.63) is 41.5 Å². The van der Waals surface area contributed by atoms with Gasteiger partial charge in [0, 0.05) is 23.5 Å². The Balaban J connectivity index is 1.42. The van der Waals surface area contributed by atoms with Crippen LogP contribution in [0.1, 0.15) is 61.7 Å². The smallest absolute Gasteiger partial charge is 0.251 e. The molecule has 2 aliphatic carbocycles. The van der Waals surface area contributed by atoms with Gasteiger partial charge in [-0.2, -0.15) is 0 Å².